The molecule has 20 heavy (non-hydrogen) atoms. The number of halogens is 1. The lowest BCUT2D eigenvalue weighted by atomic mass is 10.1. The van der Waals surface area contributed by atoms with E-state index in [-0.39, 0.29) is 24.6 Å². The Hall–Kier alpha value is -2.49. The maximum atomic E-state index is 12.7. The molecule has 0 fully saturated rings. The first-order valence-electron chi connectivity index (χ1n) is 6.11. The Morgan fingerprint density at radius 2 is 1.70 bits per heavy atom. The maximum Gasteiger partial charge on any atom is 0.174 e. The van der Waals surface area contributed by atoms with Gasteiger partial charge in [-0.15, -0.1) is 0 Å². The molecule has 0 spiro atoms. The fraction of sp³-hybridized carbons (Fsp3) is 0.125. The van der Waals surface area contributed by atoms with Crippen molar-refractivity contribution in [1.82, 2.24) is 0 Å². The number of carbonyl (C=O) groups excluding carboxylic acids is 2. The van der Waals surface area contributed by atoms with Crippen LogP contribution in [-0.4, -0.2) is 18.7 Å². The number of hydrogen-bond acceptors (Lipinski definition) is 3. The molecule has 2 rings (SSSR count). The molecule has 0 aliphatic heterocycles. The lowest BCUT2D eigenvalue weighted by Gasteiger charge is -2.05. The van der Waals surface area contributed by atoms with Crippen molar-refractivity contribution in [2.45, 2.75) is 6.42 Å². The van der Waals surface area contributed by atoms with Gasteiger partial charge in [0.2, 0.25) is 0 Å². The third-order valence-corrected chi connectivity index (χ3v) is 2.73. The topological polar surface area (TPSA) is 43.4 Å². The molecule has 0 heterocycles. The first-order valence-corrected chi connectivity index (χ1v) is 6.11. The van der Waals surface area contributed by atoms with E-state index in [0.29, 0.717) is 11.3 Å². The molecule has 0 aromatic heterocycles. The lowest BCUT2D eigenvalue weighted by molar-refractivity contribution is -0.120. The lowest BCUT2D eigenvalue weighted by Crippen LogP contribution is -2.13. The molecule has 0 N–H and O–H groups in total. The quantitative estimate of drug-likeness (QED) is 0.759. The number of ether oxygens (including phenoxy) is 1. The molecule has 0 saturated heterocycles. The molecule has 0 amide bonds. The van der Waals surface area contributed by atoms with Crippen LogP contribution >= 0.6 is 0 Å². The molecular formula is C16H13FO3. The Balaban J connectivity index is 1.85. The van der Waals surface area contributed by atoms with Crippen LogP contribution < -0.4 is 4.74 Å². The van der Waals surface area contributed by atoms with Crippen LogP contribution in [0.15, 0.2) is 48.5 Å². The Bertz CT molecular complexity index is 588. The van der Waals surface area contributed by atoms with Crippen molar-refractivity contribution < 1.29 is 18.7 Å². The number of hydrogen-bond donors (Lipinski definition) is 0. The van der Waals surface area contributed by atoms with E-state index in [4.69, 9.17) is 4.74 Å². The number of aldehydes is 1. The van der Waals surface area contributed by atoms with E-state index in [2.05, 4.69) is 0 Å². The van der Waals surface area contributed by atoms with Crippen LogP contribution in [0.25, 0.3) is 0 Å². The summed E-state index contributed by atoms with van der Waals surface area (Å²) in [5.74, 6) is 0.104. The van der Waals surface area contributed by atoms with Gasteiger partial charge < -0.3 is 4.74 Å². The molecular weight excluding hydrogens is 259 g/mol. The molecule has 0 aliphatic rings. The minimum absolute atomic E-state index is 0.0577. The van der Waals surface area contributed by atoms with Gasteiger partial charge in [-0.05, 0) is 42.0 Å². The molecule has 102 valence electrons. The minimum atomic E-state index is -0.326. The van der Waals surface area contributed by atoms with E-state index in [0.717, 1.165) is 11.8 Å². The number of carbonyl (C=O) groups is 2. The van der Waals surface area contributed by atoms with Gasteiger partial charge in [-0.3, -0.25) is 9.59 Å². The van der Waals surface area contributed by atoms with Gasteiger partial charge in [0.25, 0.3) is 0 Å². The fourth-order valence-electron chi connectivity index (χ4n) is 1.69. The van der Waals surface area contributed by atoms with Crippen LogP contribution in [0.5, 0.6) is 5.75 Å². The van der Waals surface area contributed by atoms with Crippen LogP contribution in [0.2, 0.25) is 0 Å². The van der Waals surface area contributed by atoms with E-state index >= 15 is 0 Å². The Labute approximate surface area is 116 Å². The van der Waals surface area contributed by atoms with Crippen molar-refractivity contribution >= 4 is 12.1 Å². The van der Waals surface area contributed by atoms with Gasteiger partial charge in [-0.25, -0.2) is 4.39 Å². The standard InChI is InChI=1S/C16H13FO3/c17-14-5-1-12(2-6-14)9-15(19)11-20-16-7-3-13(10-18)4-8-16/h1-8,10H,9,11H2. The summed E-state index contributed by atoms with van der Waals surface area (Å²) >= 11 is 0. The van der Waals surface area contributed by atoms with Crippen molar-refractivity contribution in [2.75, 3.05) is 6.61 Å². The van der Waals surface area contributed by atoms with Gasteiger partial charge in [0.1, 0.15) is 24.5 Å². The Morgan fingerprint density at radius 1 is 1.05 bits per heavy atom. The van der Waals surface area contributed by atoms with E-state index in [1.165, 1.54) is 12.1 Å². The predicted octanol–water partition coefficient (Wildman–Crippen LogP) is 2.83. The van der Waals surface area contributed by atoms with Crippen molar-refractivity contribution in [2.24, 2.45) is 0 Å². The number of benzene rings is 2. The second-order valence-corrected chi connectivity index (χ2v) is 4.32. The number of rotatable bonds is 6. The van der Waals surface area contributed by atoms with Gasteiger partial charge in [0, 0.05) is 12.0 Å². The summed E-state index contributed by atoms with van der Waals surface area (Å²) < 4.78 is 18.0. The summed E-state index contributed by atoms with van der Waals surface area (Å²) in [4.78, 5) is 22.2. The summed E-state index contributed by atoms with van der Waals surface area (Å²) in [6, 6.07) is 12.3. The molecule has 2 aromatic carbocycles. The van der Waals surface area contributed by atoms with Crippen LogP contribution in [-0.2, 0) is 11.2 Å². The van der Waals surface area contributed by atoms with Crippen LogP contribution in [0, 0.1) is 5.82 Å². The molecule has 0 unspecified atom stereocenters. The molecule has 4 heteroatoms. The molecule has 2 aromatic rings. The van der Waals surface area contributed by atoms with Gasteiger partial charge in [-0.1, -0.05) is 12.1 Å². The molecule has 3 nitrogen and oxygen atoms in total. The third kappa shape index (κ3) is 4.02. The maximum absolute atomic E-state index is 12.7. The van der Waals surface area contributed by atoms with Gasteiger partial charge >= 0.3 is 0 Å². The monoisotopic (exact) mass is 272 g/mol. The highest BCUT2D eigenvalue weighted by molar-refractivity contribution is 5.82. The van der Waals surface area contributed by atoms with Crippen molar-refractivity contribution in [3.05, 3.63) is 65.5 Å². The first kappa shape index (κ1) is 13.9. The largest absolute Gasteiger partial charge is 0.486 e. The van der Waals surface area contributed by atoms with Gasteiger partial charge in [0.05, 0.1) is 0 Å². The molecule has 0 atom stereocenters. The first-order chi connectivity index (χ1) is 9.67. The third-order valence-electron chi connectivity index (χ3n) is 2.73. The zero-order chi connectivity index (χ0) is 14.4. The Morgan fingerprint density at radius 3 is 2.30 bits per heavy atom. The number of Topliss-reactive ketones (excluding diaryl/α,β-unsaturated/α-hetero) is 1. The Kier molecular flexibility index (Phi) is 4.60. The molecule has 0 saturated carbocycles. The fourth-order valence-corrected chi connectivity index (χ4v) is 1.69. The molecule has 0 aliphatic carbocycles. The summed E-state index contributed by atoms with van der Waals surface area (Å²) in [5, 5.41) is 0. The summed E-state index contributed by atoms with van der Waals surface area (Å²) in [6.45, 7) is -0.0577. The summed E-state index contributed by atoms with van der Waals surface area (Å²) in [6.07, 6.45) is 0.941. The molecule has 0 bridgehead atoms. The average molecular weight is 272 g/mol. The smallest absolute Gasteiger partial charge is 0.174 e. The van der Waals surface area contributed by atoms with Crippen molar-refractivity contribution in [3.8, 4) is 5.75 Å². The van der Waals surface area contributed by atoms with Gasteiger partial charge in [-0.2, -0.15) is 0 Å². The highest BCUT2D eigenvalue weighted by Gasteiger charge is 2.05. The number of ketones is 1. The highest BCUT2D eigenvalue weighted by Crippen LogP contribution is 2.11. The van der Waals surface area contributed by atoms with Crippen LogP contribution in [0.3, 0.4) is 0 Å². The van der Waals surface area contributed by atoms with E-state index in [9.17, 15) is 14.0 Å². The second-order valence-electron chi connectivity index (χ2n) is 4.32. The highest BCUT2D eigenvalue weighted by atomic mass is 19.1. The second kappa shape index (κ2) is 6.61. The summed E-state index contributed by atoms with van der Waals surface area (Å²) in [7, 11) is 0. The zero-order valence-corrected chi connectivity index (χ0v) is 10.7. The molecule has 0 radical (unpaired) electrons. The van der Waals surface area contributed by atoms with Crippen molar-refractivity contribution in [1.29, 1.82) is 0 Å². The average Bonchev–Trinajstić information content (AvgIpc) is 2.48. The van der Waals surface area contributed by atoms with Crippen molar-refractivity contribution in [3.63, 3.8) is 0 Å². The SMILES string of the molecule is O=Cc1ccc(OCC(=O)Cc2ccc(F)cc2)cc1. The van der Waals surface area contributed by atoms with E-state index < -0.39 is 0 Å². The van der Waals surface area contributed by atoms with E-state index in [1.54, 1.807) is 36.4 Å². The predicted molar refractivity (Wildman–Crippen MR) is 72.4 cm³/mol. The van der Waals surface area contributed by atoms with Gasteiger partial charge in [0.15, 0.2) is 5.78 Å². The summed E-state index contributed by atoms with van der Waals surface area (Å²) in [5.41, 5.74) is 1.30. The van der Waals surface area contributed by atoms with Crippen LogP contribution in [0.4, 0.5) is 4.39 Å². The minimum Gasteiger partial charge on any atom is -0.486 e. The van der Waals surface area contributed by atoms with E-state index in [1.807, 2.05) is 0 Å². The normalized spacial score (nSPS) is 10.1. The zero-order valence-electron chi connectivity index (χ0n) is 10.7. The van der Waals surface area contributed by atoms with Crippen LogP contribution in [0.1, 0.15) is 15.9 Å².